The van der Waals surface area contributed by atoms with Crippen LogP contribution >= 0.6 is 0 Å². The van der Waals surface area contributed by atoms with Gasteiger partial charge in [-0.05, 0) is 48.2 Å². The van der Waals surface area contributed by atoms with Crippen LogP contribution < -0.4 is 5.32 Å². The number of para-hydroxylation sites is 1. The zero-order chi connectivity index (χ0) is 23.9. The number of benzene rings is 3. The number of fused-ring (bicyclic) bond motifs is 1. The highest BCUT2D eigenvalue weighted by Gasteiger charge is 2.23. The number of amides is 1. The fourth-order valence-electron chi connectivity index (χ4n) is 4.54. The summed E-state index contributed by atoms with van der Waals surface area (Å²) in [6.45, 7) is 5.68. The Hall–Kier alpha value is -3.40. The number of carbonyl (C=O) groups is 1. The van der Waals surface area contributed by atoms with Crippen molar-refractivity contribution in [3.63, 3.8) is 0 Å². The molecule has 0 saturated carbocycles. The molecule has 3 aromatic carbocycles. The molecule has 176 valence electrons. The molecule has 4 rings (SSSR count). The van der Waals surface area contributed by atoms with E-state index in [2.05, 4.69) is 66.3 Å². The van der Waals surface area contributed by atoms with Gasteiger partial charge in [0.2, 0.25) is 5.91 Å². The Labute approximate surface area is 201 Å². The molecule has 0 fully saturated rings. The summed E-state index contributed by atoms with van der Waals surface area (Å²) >= 11 is 0. The molecule has 1 atom stereocenters. The van der Waals surface area contributed by atoms with Gasteiger partial charge >= 0.3 is 0 Å². The van der Waals surface area contributed by atoms with Crippen LogP contribution in [0.15, 0.2) is 79.0 Å². The van der Waals surface area contributed by atoms with E-state index < -0.39 is 0 Å². The van der Waals surface area contributed by atoms with Gasteiger partial charge in [0.1, 0.15) is 5.82 Å². The van der Waals surface area contributed by atoms with Gasteiger partial charge in [-0.1, -0.05) is 79.9 Å². The van der Waals surface area contributed by atoms with Gasteiger partial charge in [-0.3, -0.25) is 4.79 Å². The third kappa shape index (κ3) is 5.74. The smallest absolute Gasteiger partial charge is 0.220 e. The van der Waals surface area contributed by atoms with Crippen molar-refractivity contribution in [2.24, 2.45) is 0 Å². The van der Waals surface area contributed by atoms with Gasteiger partial charge in [0.25, 0.3) is 0 Å². The molecule has 0 saturated heterocycles. The van der Waals surface area contributed by atoms with Crippen LogP contribution in [0.3, 0.4) is 0 Å². The molecule has 0 aliphatic rings. The average Bonchev–Trinajstić information content (AvgIpc) is 3.20. The van der Waals surface area contributed by atoms with Gasteiger partial charge in [-0.2, -0.15) is 0 Å². The summed E-state index contributed by atoms with van der Waals surface area (Å²) in [6, 6.07) is 23.5. The summed E-state index contributed by atoms with van der Waals surface area (Å²) < 4.78 is 16.0. The van der Waals surface area contributed by atoms with Crippen LogP contribution in [0, 0.1) is 12.7 Å². The lowest BCUT2D eigenvalue weighted by atomic mass is 9.88. The molecule has 0 bridgehead atoms. The van der Waals surface area contributed by atoms with Crippen LogP contribution in [0.1, 0.15) is 60.8 Å². The number of rotatable bonds is 10. The van der Waals surface area contributed by atoms with E-state index in [9.17, 15) is 9.18 Å². The number of nitrogens with zero attached hydrogens (tertiary/aromatic N) is 1. The molecular weight excluding hydrogens is 423 g/mol. The Morgan fingerprint density at radius 1 is 0.971 bits per heavy atom. The Bertz CT molecular complexity index is 1230. The number of aromatic nitrogens is 1. The zero-order valence-corrected chi connectivity index (χ0v) is 20.1. The minimum atomic E-state index is -0.270. The minimum Gasteiger partial charge on any atom is -0.356 e. The quantitative estimate of drug-likeness (QED) is 0.257. The molecule has 34 heavy (non-hydrogen) atoms. The summed E-state index contributed by atoms with van der Waals surface area (Å²) in [5.74, 6) is -0.398. The van der Waals surface area contributed by atoms with E-state index in [4.69, 9.17) is 0 Å². The topological polar surface area (TPSA) is 34.0 Å². The normalized spacial score (nSPS) is 12.1. The molecule has 4 aromatic rings. The summed E-state index contributed by atoms with van der Waals surface area (Å²) in [4.78, 5) is 12.9. The van der Waals surface area contributed by atoms with Crippen LogP contribution in [0.2, 0.25) is 0 Å². The molecule has 1 N–H and O–H groups in total. The first-order chi connectivity index (χ1) is 16.5. The molecule has 1 heterocycles. The maximum absolute atomic E-state index is 13.7. The summed E-state index contributed by atoms with van der Waals surface area (Å²) in [7, 11) is 0. The minimum absolute atomic E-state index is 0.0285. The van der Waals surface area contributed by atoms with Gasteiger partial charge < -0.3 is 9.88 Å². The van der Waals surface area contributed by atoms with E-state index in [-0.39, 0.29) is 17.6 Å². The summed E-state index contributed by atoms with van der Waals surface area (Å²) in [6.07, 6.45) is 5.71. The first kappa shape index (κ1) is 23.7. The van der Waals surface area contributed by atoms with Crippen molar-refractivity contribution < 1.29 is 9.18 Å². The van der Waals surface area contributed by atoms with E-state index in [0.29, 0.717) is 13.0 Å². The second-order valence-corrected chi connectivity index (χ2v) is 9.08. The molecule has 4 heteroatoms. The van der Waals surface area contributed by atoms with Crippen LogP contribution in [0.4, 0.5) is 4.39 Å². The molecule has 0 radical (unpaired) electrons. The lowest BCUT2D eigenvalue weighted by molar-refractivity contribution is -0.121. The predicted octanol–water partition coefficient (Wildman–Crippen LogP) is 6.97. The fraction of sp³-hybridized carbons (Fsp3) is 0.300. The van der Waals surface area contributed by atoms with Gasteiger partial charge in [0.05, 0.1) is 0 Å². The summed E-state index contributed by atoms with van der Waals surface area (Å²) in [5.41, 5.74) is 5.64. The molecule has 0 spiro atoms. The number of hydrogen-bond acceptors (Lipinski definition) is 1. The van der Waals surface area contributed by atoms with Crippen LogP contribution in [0.25, 0.3) is 10.9 Å². The van der Waals surface area contributed by atoms with Crippen molar-refractivity contribution in [2.75, 3.05) is 6.54 Å². The van der Waals surface area contributed by atoms with E-state index in [1.165, 1.54) is 23.3 Å². The molecule has 0 aliphatic heterocycles. The van der Waals surface area contributed by atoms with E-state index in [0.717, 1.165) is 47.8 Å². The number of unbranched alkanes of at least 4 members (excludes halogenated alkanes) is 2. The first-order valence-electron chi connectivity index (χ1n) is 12.2. The molecule has 0 unspecified atom stereocenters. The lowest BCUT2D eigenvalue weighted by Gasteiger charge is -2.17. The average molecular weight is 457 g/mol. The Balaban J connectivity index is 1.69. The number of aryl methyl sites for hydroxylation is 1. The van der Waals surface area contributed by atoms with Gasteiger partial charge in [0.15, 0.2) is 0 Å². The highest BCUT2D eigenvalue weighted by atomic mass is 19.1. The van der Waals surface area contributed by atoms with Crippen molar-refractivity contribution >= 4 is 16.8 Å². The van der Waals surface area contributed by atoms with E-state index in [1.807, 2.05) is 12.1 Å². The Morgan fingerprint density at radius 2 is 1.71 bits per heavy atom. The highest BCUT2D eigenvalue weighted by Crippen LogP contribution is 2.35. The number of nitrogens with one attached hydrogen (secondary N) is 1. The van der Waals surface area contributed by atoms with E-state index in [1.54, 1.807) is 12.1 Å². The SMILES string of the molecule is CCCCCNC(=O)C[C@@H](c1ccc(F)cc1)c1cn(Cc2ccc(C)cc2)c2ccccc12. The number of hydrogen-bond donors (Lipinski definition) is 1. The second kappa shape index (κ2) is 11.1. The monoisotopic (exact) mass is 456 g/mol. The number of halogens is 1. The molecule has 1 amide bonds. The fourth-order valence-corrected chi connectivity index (χ4v) is 4.54. The highest BCUT2D eigenvalue weighted by molar-refractivity contribution is 5.86. The second-order valence-electron chi connectivity index (χ2n) is 9.08. The maximum atomic E-state index is 13.7. The third-order valence-corrected chi connectivity index (χ3v) is 6.43. The van der Waals surface area contributed by atoms with E-state index >= 15 is 0 Å². The standard InChI is InChI=1S/C30H33FN2O/c1-3-4-7-18-32-30(34)19-27(24-14-16-25(31)17-15-24)28-21-33(29-9-6-5-8-26(28)29)20-23-12-10-22(2)11-13-23/h5-6,8-17,21,27H,3-4,7,18-20H2,1-2H3,(H,32,34)/t27-/m0/s1. The Morgan fingerprint density at radius 3 is 2.44 bits per heavy atom. The first-order valence-corrected chi connectivity index (χ1v) is 12.2. The summed E-state index contributed by atoms with van der Waals surface area (Å²) in [5, 5.41) is 4.21. The molecule has 0 aliphatic carbocycles. The van der Waals surface area contributed by atoms with Crippen LogP contribution in [-0.4, -0.2) is 17.0 Å². The van der Waals surface area contributed by atoms with Gasteiger partial charge in [-0.15, -0.1) is 0 Å². The van der Waals surface area contributed by atoms with Crippen LogP contribution in [-0.2, 0) is 11.3 Å². The Kier molecular flexibility index (Phi) is 7.79. The molecular formula is C30H33FN2O. The maximum Gasteiger partial charge on any atom is 0.220 e. The largest absolute Gasteiger partial charge is 0.356 e. The van der Waals surface area contributed by atoms with Crippen molar-refractivity contribution in [1.29, 1.82) is 0 Å². The van der Waals surface area contributed by atoms with Crippen molar-refractivity contribution in [3.05, 3.63) is 107 Å². The predicted molar refractivity (Wildman–Crippen MR) is 138 cm³/mol. The van der Waals surface area contributed by atoms with Crippen molar-refractivity contribution in [3.8, 4) is 0 Å². The van der Waals surface area contributed by atoms with Crippen LogP contribution in [0.5, 0.6) is 0 Å². The molecule has 1 aromatic heterocycles. The number of carbonyl (C=O) groups excluding carboxylic acids is 1. The van der Waals surface area contributed by atoms with Gasteiger partial charge in [-0.25, -0.2) is 4.39 Å². The third-order valence-electron chi connectivity index (χ3n) is 6.43. The van der Waals surface area contributed by atoms with Crippen molar-refractivity contribution in [1.82, 2.24) is 9.88 Å². The lowest BCUT2D eigenvalue weighted by Crippen LogP contribution is -2.26. The zero-order valence-electron chi connectivity index (χ0n) is 20.1. The molecule has 3 nitrogen and oxygen atoms in total. The van der Waals surface area contributed by atoms with Gasteiger partial charge in [0, 0.05) is 42.5 Å². The van der Waals surface area contributed by atoms with Crippen molar-refractivity contribution in [2.45, 2.75) is 52.0 Å².